The fourth-order valence-corrected chi connectivity index (χ4v) is 4.82. The van der Waals surface area contributed by atoms with E-state index in [1.165, 1.54) is 117 Å². The largest absolute Gasteiger partial charge is 0.456 e. The van der Waals surface area contributed by atoms with Gasteiger partial charge in [-0.3, -0.25) is 0 Å². The molecule has 0 saturated heterocycles. The van der Waals surface area contributed by atoms with Gasteiger partial charge in [-0.25, -0.2) is 0 Å². The van der Waals surface area contributed by atoms with Gasteiger partial charge < -0.3 is 4.42 Å². The fraction of sp³-hybridized carbons (Fsp3) is 0.600. The Kier molecular flexibility index (Phi) is 9.50. The molecule has 0 aliphatic rings. The second kappa shape index (κ2) is 12.3. The minimum atomic E-state index is 1.04. The minimum Gasteiger partial charge on any atom is -0.456 e. The normalized spacial score (nSPS) is 11.7. The van der Waals surface area contributed by atoms with E-state index in [0.717, 1.165) is 11.2 Å². The third-order valence-corrected chi connectivity index (χ3v) is 7.01. The maximum absolute atomic E-state index is 6.31. The molecule has 1 nitrogen and oxygen atoms in total. The van der Waals surface area contributed by atoms with E-state index in [4.69, 9.17) is 4.42 Å². The van der Waals surface area contributed by atoms with Crippen LogP contribution in [0.15, 0.2) is 28.7 Å². The van der Waals surface area contributed by atoms with Gasteiger partial charge in [-0.15, -0.1) is 0 Å². The Bertz CT molecular complexity index is 946. The average Bonchev–Trinajstić information content (AvgIpc) is 3.09. The molecule has 1 heteroatoms. The van der Waals surface area contributed by atoms with E-state index >= 15 is 0 Å². The zero-order chi connectivity index (χ0) is 22.1. The van der Waals surface area contributed by atoms with E-state index in [-0.39, 0.29) is 0 Å². The molecule has 0 bridgehead atoms. The van der Waals surface area contributed by atoms with Gasteiger partial charge in [-0.2, -0.15) is 0 Å². The summed E-state index contributed by atoms with van der Waals surface area (Å²) in [5, 5.41) is 2.60. The van der Waals surface area contributed by atoms with Crippen molar-refractivity contribution in [1.82, 2.24) is 0 Å². The molecular weight excluding hydrogens is 376 g/mol. The van der Waals surface area contributed by atoms with E-state index in [1.807, 2.05) is 0 Å². The Morgan fingerprint density at radius 1 is 0.516 bits per heavy atom. The summed E-state index contributed by atoms with van der Waals surface area (Å²) in [5.74, 6) is 0. The number of hydrogen-bond donors (Lipinski definition) is 0. The number of unbranched alkanes of at least 4 members (excludes halogenated alkanes) is 10. The predicted octanol–water partition coefficient (Wildman–Crippen LogP) is 10.0. The van der Waals surface area contributed by atoms with Crippen LogP contribution in [0.25, 0.3) is 21.9 Å². The monoisotopic (exact) mass is 420 g/mol. The first-order valence-corrected chi connectivity index (χ1v) is 13.1. The lowest BCUT2D eigenvalue weighted by Gasteiger charge is -2.11. The fourth-order valence-electron chi connectivity index (χ4n) is 4.82. The molecule has 31 heavy (non-hydrogen) atoms. The molecule has 1 aromatic heterocycles. The van der Waals surface area contributed by atoms with Crippen LogP contribution in [0, 0.1) is 13.8 Å². The second-order valence-electron chi connectivity index (χ2n) is 9.69. The zero-order valence-electron chi connectivity index (χ0n) is 20.6. The molecule has 0 N–H and O–H groups in total. The first-order chi connectivity index (χ1) is 15.1. The summed E-state index contributed by atoms with van der Waals surface area (Å²) in [6, 6.07) is 9.37. The lowest BCUT2D eigenvalue weighted by atomic mass is 9.94. The van der Waals surface area contributed by atoms with Crippen molar-refractivity contribution < 1.29 is 4.42 Å². The van der Waals surface area contributed by atoms with Crippen molar-refractivity contribution in [3.8, 4) is 0 Å². The number of hydrogen-bond acceptors (Lipinski definition) is 1. The molecule has 0 amide bonds. The molecule has 2 aromatic carbocycles. The molecule has 0 atom stereocenters. The summed E-state index contributed by atoms with van der Waals surface area (Å²) in [6.45, 7) is 8.97. The predicted molar refractivity (Wildman–Crippen MR) is 137 cm³/mol. The summed E-state index contributed by atoms with van der Waals surface area (Å²) in [5.41, 5.74) is 7.88. The summed E-state index contributed by atoms with van der Waals surface area (Å²) in [7, 11) is 0. The summed E-state index contributed by atoms with van der Waals surface area (Å²) < 4.78 is 6.31. The van der Waals surface area contributed by atoms with Crippen molar-refractivity contribution >= 4 is 21.9 Å². The third-order valence-electron chi connectivity index (χ3n) is 7.01. The standard InChI is InChI=1S/C30H44O/c1-5-7-9-11-13-15-17-25-21-28-27-19-23(3)24(4)20-29(27)31-30(28)22-26(25)18-16-14-12-10-8-6-2/h19-22H,5-18H2,1-4H3. The highest BCUT2D eigenvalue weighted by Crippen LogP contribution is 2.34. The molecule has 3 aromatic rings. The van der Waals surface area contributed by atoms with Crippen LogP contribution < -0.4 is 0 Å². The van der Waals surface area contributed by atoms with E-state index < -0.39 is 0 Å². The summed E-state index contributed by atoms with van der Waals surface area (Å²) >= 11 is 0. The maximum Gasteiger partial charge on any atom is 0.135 e. The van der Waals surface area contributed by atoms with Gasteiger partial charge in [0, 0.05) is 10.8 Å². The number of furan rings is 1. The van der Waals surface area contributed by atoms with Gasteiger partial charge in [0.15, 0.2) is 0 Å². The SMILES string of the molecule is CCCCCCCCc1cc2oc3cc(C)c(C)cc3c2cc1CCCCCCCC. The topological polar surface area (TPSA) is 13.1 Å². The van der Waals surface area contributed by atoms with Crippen molar-refractivity contribution in [1.29, 1.82) is 0 Å². The molecule has 0 fully saturated rings. The Morgan fingerprint density at radius 3 is 1.58 bits per heavy atom. The highest BCUT2D eigenvalue weighted by Gasteiger charge is 2.13. The third kappa shape index (κ3) is 6.61. The second-order valence-corrected chi connectivity index (χ2v) is 9.69. The van der Waals surface area contributed by atoms with Gasteiger partial charge in [0.05, 0.1) is 0 Å². The number of benzene rings is 2. The van der Waals surface area contributed by atoms with Crippen molar-refractivity contribution in [3.05, 3.63) is 46.5 Å². The molecule has 0 spiro atoms. The van der Waals surface area contributed by atoms with Crippen molar-refractivity contribution in [2.45, 2.75) is 118 Å². The first kappa shape index (κ1) is 23.9. The van der Waals surface area contributed by atoms with Crippen molar-refractivity contribution in [2.75, 3.05) is 0 Å². The Balaban J connectivity index is 1.77. The molecule has 3 rings (SSSR count). The van der Waals surface area contributed by atoms with E-state index in [9.17, 15) is 0 Å². The lowest BCUT2D eigenvalue weighted by Crippen LogP contribution is -1.96. The van der Waals surface area contributed by atoms with Crippen LogP contribution in [0.3, 0.4) is 0 Å². The van der Waals surface area contributed by atoms with Gasteiger partial charge >= 0.3 is 0 Å². The number of rotatable bonds is 14. The maximum atomic E-state index is 6.31. The molecular formula is C30H44O. The first-order valence-electron chi connectivity index (χ1n) is 13.1. The van der Waals surface area contributed by atoms with Gasteiger partial charge in [0.25, 0.3) is 0 Å². The molecule has 0 radical (unpaired) electrons. The van der Waals surface area contributed by atoms with Crippen LogP contribution in [-0.4, -0.2) is 0 Å². The minimum absolute atomic E-state index is 1.04. The zero-order valence-corrected chi connectivity index (χ0v) is 20.6. The van der Waals surface area contributed by atoms with Crippen LogP contribution in [-0.2, 0) is 12.8 Å². The van der Waals surface area contributed by atoms with Crippen LogP contribution in [0.5, 0.6) is 0 Å². The quantitative estimate of drug-likeness (QED) is 0.236. The number of aryl methyl sites for hydroxylation is 4. The van der Waals surface area contributed by atoms with Crippen LogP contribution in [0.1, 0.15) is 113 Å². The van der Waals surface area contributed by atoms with Crippen molar-refractivity contribution in [3.63, 3.8) is 0 Å². The van der Waals surface area contributed by atoms with Crippen LogP contribution in [0.2, 0.25) is 0 Å². The Morgan fingerprint density at radius 2 is 0.968 bits per heavy atom. The van der Waals surface area contributed by atoms with E-state index in [0.29, 0.717) is 0 Å². The molecule has 1 heterocycles. The van der Waals surface area contributed by atoms with Crippen LogP contribution in [0.4, 0.5) is 0 Å². The van der Waals surface area contributed by atoms with E-state index in [1.54, 1.807) is 5.56 Å². The van der Waals surface area contributed by atoms with Gasteiger partial charge in [-0.1, -0.05) is 78.1 Å². The van der Waals surface area contributed by atoms with Gasteiger partial charge in [0.1, 0.15) is 11.2 Å². The average molecular weight is 421 g/mol. The molecule has 0 aliphatic heterocycles. The van der Waals surface area contributed by atoms with Gasteiger partial charge in [-0.05, 0) is 86.1 Å². The Hall–Kier alpha value is -1.76. The molecule has 170 valence electrons. The van der Waals surface area contributed by atoms with Gasteiger partial charge in [0.2, 0.25) is 0 Å². The summed E-state index contributed by atoms with van der Waals surface area (Å²) in [6.07, 6.45) is 18.7. The lowest BCUT2D eigenvalue weighted by molar-refractivity contribution is 0.598. The smallest absolute Gasteiger partial charge is 0.135 e. The van der Waals surface area contributed by atoms with Crippen molar-refractivity contribution in [2.24, 2.45) is 0 Å². The summed E-state index contributed by atoms with van der Waals surface area (Å²) in [4.78, 5) is 0. The molecule has 0 unspecified atom stereocenters. The number of fused-ring (bicyclic) bond motifs is 3. The Labute approximate surface area is 190 Å². The molecule has 0 aliphatic carbocycles. The van der Waals surface area contributed by atoms with E-state index in [2.05, 4.69) is 52.0 Å². The molecule has 0 saturated carbocycles. The van der Waals surface area contributed by atoms with Crippen LogP contribution >= 0.6 is 0 Å². The highest BCUT2D eigenvalue weighted by atomic mass is 16.3. The highest BCUT2D eigenvalue weighted by molar-refractivity contribution is 6.05.